The Labute approximate surface area is 275 Å². The highest BCUT2D eigenvalue weighted by Gasteiger charge is 2.03. The molecule has 0 aromatic heterocycles. The van der Waals surface area contributed by atoms with E-state index in [0.29, 0.717) is 11.6 Å². The van der Waals surface area contributed by atoms with Crippen LogP contribution in [-0.2, 0) is 9.59 Å². The summed E-state index contributed by atoms with van der Waals surface area (Å²) in [4.78, 5) is 21.8. The first-order valence-electron chi connectivity index (χ1n) is 17.7. The Morgan fingerprint density at radius 3 is 1.05 bits per heavy atom. The first-order chi connectivity index (χ1) is 20.5. The van der Waals surface area contributed by atoms with E-state index < -0.39 is 0 Å². The van der Waals surface area contributed by atoms with Gasteiger partial charge in [-0.15, -0.1) is 0 Å². The van der Waals surface area contributed by atoms with Crippen molar-refractivity contribution in [3.05, 3.63) is 48.6 Å². The van der Waals surface area contributed by atoms with Crippen LogP contribution >= 0.6 is 22.6 Å². The molecular weight excluding hydrogens is 627 g/mol. The molecule has 0 rings (SSSR count). The number of ketones is 2. The monoisotopic (exact) mass is 694 g/mol. The van der Waals surface area contributed by atoms with E-state index in [1.807, 2.05) is 0 Å². The Kier molecular flexibility index (Phi) is 33.7. The van der Waals surface area contributed by atoms with Gasteiger partial charge in [0.1, 0.15) is 11.6 Å². The summed E-state index contributed by atoms with van der Waals surface area (Å²) in [5.74, 6) is 0.622. The molecule has 0 saturated carbocycles. The van der Waals surface area contributed by atoms with Crippen LogP contribution in [-0.4, -0.2) is 15.5 Å². The maximum atomic E-state index is 10.9. The second kappa shape index (κ2) is 34.5. The molecule has 42 heavy (non-hydrogen) atoms. The molecule has 242 valence electrons. The third-order valence-electron chi connectivity index (χ3n) is 7.79. The number of carbonyl (C=O) groups is 2. The highest BCUT2D eigenvalue weighted by Crippen LogP contribution is 2.20. The van der Waals surface area contributed by atoms with Crippen molar-refractivity contribution in [3.8, 4) is 0 Å². The number of alkyl halides is 1. The number of Topliss-reactive ketones (excluding diaryl/α,β-unsaturated/α-hetero) is 2. The minimum Gasteiger partial charge on any atom is -0.300 e. The standard InChI is InChI=1S/C39H67IO2/c1-37(41)33-29-25-21-17-13-9-5-3-7-11-15-19-23-27-31-35-39(40)36-32-28-24-20-16-12-8-4-6-10-14-18-22-26-30-34-38(2)42/h3-6,13-14,17-18,39H,7-12,15-16,19-36H2,1-2H3/b5-3-,6-4-,17-13-,18-14-. The van der Waals surface area contributed by atoms with Crippen LogP contribution in [0.2, 0.25) is 0 Å². The first-order valence-corrected chi connectivity index (χ1v) is 19.0. The van der Waals surface area contributed by atoms with Gasteiger partial charge in [-0.3, -0.25) is 0 Å². The van der Waals surface area contributed by atoms with E-state index in [0.717, 1.165) is 68.1 Å². The Morgan fingerprint density at radius 1 is 0.429 bits per heavy atom. The zero-order chi connectivity index (χ0) is 30.8. The van der Waals surface area contributed by atoms with E-state index in [1.54, 1.807) is 13.8 Å². The van der Waals surface area contributed by atoms with Crippen molar-refractivity contribution < 1.29 is 9.59 Å². The molecule has 0 unspecified atom stereocenters. The summed E-state index contributed by atoms with van der Waals surface area (Å²) >= 11 is 2.70. The van der Waals surface area contributed by atoms with Crippen LogP contribution in [0.25, 0.3) is 0 Å². The summed E-state index contributed by atoms with van der Waals surface area (Å²) < 4.78 is 0.877. The van der Waals surface area contributed by atoms with Gasteiger partial charge in [-0.1, -0.05) is 135 Å². The van der Waals surface area contributed by atoms with Crippen molar-refractivity contribution in [2.24, 2.45) is 0 Å². The molecule has 2 nitrogen and oxygen atoms in total. The third kappa shape index (κ3) is 37.1. The fourth-order valence-electron chi connectivity index (χ4n) is 5.10. The lowest BCUT2D eigenvalue weighted by molar-refractivity contribution is -0.117. The number of hydrogen-bond donors (Lipinski definition) is 0. The van der Waals surface area contributed by atoms with Gasteiger partial charge in [0, 0.05) is 16.8 Å². The normalized spacial score (nSPS) is 12.3. The maximum absolute atomic E-state index is 10.9. The average molecular weight is 695 g/mol. The number of halogens is 1. The molecule has 0 aromatic rings. The van der Waals surface area contributed by atoms with Gasteiger partial charge in [0.15, 0.2) is 0 Å². The lowest BCUT2D eigenvalue weighted by Crippen LogP contribution is -1.97. The predicted octanol–water partition coefficient (Wildman–Crippen LogP) is 13.3. The molecule has 0 spiro atoms. The van der Waals surface area contributed by atoms with Crippen LogP contribution in [0.3, 0.4) is 0 Å². The molecule has 0 amide bonds. The van der Waals surface area contributed by atoms with Gasteiger partial charge in [-0.05, 0) is 104 Å². The molecular formula is C39H67IO2. The van der Waals surface area contributed by atoms with Crippen LogP contribution in [0.15, 0.2) is 48.6 Å². The van der Waals surface area contributed by atoms with Gasteiger partial charge in [-0.2, -0.15) is 0 Å². The zero-order valence-electron chi connectivity index (χ0n) is 27.8. The predicted molar refractivity (Wildman–Crippen MR) is 196 cm³/mol. The largest absolute Gasteiger partial charge is 0.300 e. The highest BCUT2D eigenvalue weighted by atomic mass is 127. The van der Waals surface area contributed by atoms with Gasteiger partial charge in [0.2, 0.25) is 0 Å². The topological polar surface area (TPSA) is 34.1 Å². The molecule has 0 aliphatic heterocycles. The van der Waals surface area contributed by atoms with E-state index in [1.165, 1.54) is 103 Å². The minimum atomic E-state index is 0.311. The van der Waals surface area contributed by atoms with E-state index >= 15 is 0 Å². The van der Waals surface area contributed by atoms with E-state index in [2.05, 4.69) is 71.2 Å². The van der Waals surface area contributed by atoms with Crippen molar-refractivity contribution in [2.45, 2.75) is 185 Å². The number of rotatable bonds is 32. The first kappa shape index (κ1) is 41.0. The van der Waals surface area contributed by atoms with E-state index in [-0.39, 0.29) is 0 Å². The molecule has 0 fully saturated rings. The summed E-state index contributed by atoms with van der Waals surface area (Å²) in [6.45, 7) is 3.36. The molecule has 0 N–H and O–H groups in total. The fourth-order valence-corrected chi connectivity index (χ4v) is 5.98. The molecule has 0 heterocycles. The SMILES string of the molecule is CC(=O)CCCC/C=C\C/C=C\CCCCCCCCC(I)CCCCCCCC/C=C\C/C=C\CCCCC(C)=O. The van der Waals surface area contributed by atoms with Crippen molar-refractivity contribution in [3.63, 3.8) is 0 Å². The van der Waals surface area contributed by atoms with Gasteiger partial charge < -0.3 is 9.59 Å². The van der Waals surface area contributed by atoms with Crippen LogP contribution in [0.4, 0.5) is 0 Å². The quantitative estimate of drug-likeness (QED) is 0.0304. The molecule has 0 aliphatic rings. The minimum absolute atomic E-state index is 0.311. The average Bonchev–Trinajstić information content (AvgIpc) is 2.96. The number of hydrogen-bond acceptors (Lipinski definition) is 2. The summed E-state index contributed by atoms with van der Waals surface area (Å²) in [5.41, 5.74) is 0. The molecule has 0 aromatic carbocycles. The van der Waals surface area contributed by atoms with E-state index in [4.69, 9.17) is 0 Å². The van der Waals surface area contributed by atoms with Gasteiger partial charge in [0.25, 0.3) is 0 Å². The summed E-state index contributed by atoms with van der Waals surface area (Å²) in [6.07, 6.45) is 50.4. The second-order valence-corrected chi connectivity index (χ2v) is 14.0. The number of allylic oxidation sites excluding steroid dienone is 8. The molecule has 0 aliphatic carbocycles. The molecule has 0 atom stereocenters. The Bertz CT molecular complexity index is 658. The summed E-state index contributed by atoms with van der Waals surface area (Å²) in [7, 11) is 0. The van der Waals surface area contributed by atoms with Crippen LogP contribution in [0, 0.1) is 0 Å². The molecule has 0 saturated heterocycles. The van der Waals surface area contributed by atoms with Gasteiger partial charge in [-0.25, -0.2) is 0 Å². The third-order valence-corrected chi connectivity index (χ3v) is 9.03. The fraction of sp³-hybridized carbons (Fsp3) is 0.744. The Hall–Kier alpha value is -0.970. The zero-order valence-corrected chi connectivity index (χ0v) is 29.9. The summed E-state index contributed by atoms with van der Waals surface area (Å²) in [5, 5.41) is 0. The lowest BCUT2D eigenvalue weighted by Gasteiger charge is -2.09. The van der Waals surface area contributed by atoms with Crippen molar-refractivity contribution >= 4 is 34.2 Å². The van der Waals surface area contributed by atoms with Crippen molar-refractivity contribution in [1.29, 1.82) is 0 Å². The molecule has 0 bridgehead atoms. The Balaban J connectivity index is 3.32. The van der Waals surface area contributed by atoms with Crippen LogP contribution in [0.1, 0.15) is 181 Å². The Morgan fingerprint density at radius 2 is 0.714 bits per heavy atom. The molecule has 0 radical (unpaired) electrons. The van der Waals surface area contributed by atoms with Gasteiger partial charge in [0.05, 0.1) is 0 Å². The number of carbonyl (C=O) groups excluding carboxylic acids is 2. The summed E-state index contributed by atoms with van der Waals surface area (Å²) in [6, 6.07) is 0. The lowest BCUT2D eigenvalue weighted by atomic mass is 10.0. The van der Waals surface area contributed by atoms with Crippen molar-refractivity contribution in [2.75, 3.05) is 0 Å². The smallest absolute Gasteiger partial charge is 0.129 e. The van der Waals surface area contributed by atoms with Gasteiger partial charge >= 0.3 is 0 Å². The second-order valence-electron chi connectivity index (χ2n) is 12.2. The van der Waals surface area contributed by atoms with Crippen molar-refractivity contribution in [1.82, 2.24) is 0 Å². The maximum Gasteiger partial charge on any atom is 0.129 e. The van der Waals surface area contributed by atoms with E-state index in [9.17, 15) is 9.59 Å². The van der Waals surface area contributed by atoms with Crippen LogP contribution in [0.5, 0.6) is 0 Å². The highest BCUT2D eigenvalue weighted by molar-refractivity contribution is 14.1. The number of unbranched alkanes of at least 4 members (excludes halogenated alkanes) is 16. The van der Waals surface area contributed by atoms with Crippen LogP contribution < -0.4 is 0 Å². The molecule has 3 heteroatoms.